The maximum absolute atomic E-state index is 11.4. The van der Waals surface area contributed by atoms with E-state index < -0.39 is 0 Å². The van der Waals surface area contributed by atoms with Crippen molar-refractivity contribution in [1.82, 2.24) is 15.0 Å². The van der Waals surface area contributed by atoms with Crippen molar-refractivity contribution >= 4 is 5.97 Å². The minimum atomic E-state index is -0.274. The van der Waals surface area contributed by atoms with Crippen LogP contribution in [0.3, 0.4) is 0 Å². The molecule has 0 saturated carbocycles. The molecule has 0 amide bonds. The molecule has 0 N–H and O–H groups in total. The molecule has 0 aliphatic rings. The Balaban J connectivity index is 2.74. The summed E-state index contributed by atoms with van der Waals surface area (Å²) in [5, 5.41) is 3.97. The fourth-order valence-corrected chi connectivity index (χ4v) is 1.45. The Morgan fingerprint density at radius 2 is 2.05 bits per heavy atom. The average molecular weight is 269 g/mol. The second kappa shape index (κ2) is 6.14. The Morgan fingerprint density at radius 3 is 2.47 bits per heavy atom. The Morgan fingerprint density at radius 1 is 1.42 bits per heavy atom. The van der Waals surface area contributed by atoms with Crippen molar-refractivity contribution in [2.75, 3.05) is 13.7 Å². The highest BCUT2D eigenvalue weighted by molar-refractivity contribution is 5.71. The van der Waals surface area contributed by atoms with Gasteiger partial charge in [-0.15, -0.1) is 0 Å². The van der Waals surface area contributed by atoms with Gasteiger partial charge in [-0.05, 0) is 13.8 Å². The van der Waals surface area contributed by atoms with Gasteiger partial charge >= 0.3 is 5.97 Å². The lowest BCUT2D eigenvalue weighted by Crippen LogP contribution is -2.35. The van der Waals surface area contributed by atoms with E-state index in [9.17, 15) is 4.79 Å². The highest BCUT2D eigenvalue weighted by atomic mass is 16.5. The molecule has 0 fully saturated rings. The zero-order valence-corrected chi connectivity index (χ0v) is 12.6. The van der Waals surface area contributed by atoms with Crippen LogP contribution in [0.25, 0.3) is 0 Å². The van der Waals surface area contributed by atoms with Crippen molar-refractivity contribution in [2.45, 2.75) is 52.6 Å². The zero-order valence-electron chi connectivity index (χ0n) is 12.6. The molecule has 1 aromatic heterocycles. The normalized spacial score (nSPS) is 12.2. The first-order valence-corrected chi connectivity index (χ1v) is 6.38. The number of esters is 1. The molecule has 0 spiro atoms. The van der Waals surface area contributed by atoms with Crippen molar-refractivity contribution < 1.29 is 14.1 Å². The van der Waals surface area contributed by atoms with Crippen molar-refractivity contribution in [3.63, 3.8) is 0 Å². The lowest BCUT2D eigenvalue weighted by molar-refractivity contribution is -0.142. The van der Waals surface area contributed by atoms with Crippen LogP contribution in [0.4, 0.5) is 0 Å². The van der Waals surface area contributed by atoms with Crippen molar-refractivity contribution in [2.24, 2.45) is 0 Å². The quantitative estimate of drug-likeness (QED) is 0.759. The first-order valence-electron chi connectivity index (χ1n) is 6.38. The van der Waals surface area contributed by atoms with Crippen LogP contribution in [0.2, 0.25) is 0 Å². The van der Waals surface area contributed by atoms with Crippen LogP contribution in [0.15, 0.2) is 4.52 Å². The third kappa shape index (κ3) is 4.63. The lowest BCUT2D eigenvalue weighted by atomic mass is 9.96. The summed E-state index contributed by atoms with van der Waals surface area (Å²) in [6.07, 6.45) is 0. The summed E-state index contributed by atoms with van der Waals surface area (Å²) >= 11 is 0. The van der Waals surface area contributed by atoms with Crippen LogP contribution in [0.5, 0.6) is 0 Å². The number of rotatable bonds is 5. The van der Waals surface area contributed by atoms with E-state index in [0.717, 1.165) is 0 Å². The maximum Gasteiger partial charge on any atom is 0.319 e. The summed E-state index contributed by atoms with van der Waals surface area (Å²) in [5.74, 6) is 0.913. The number of hydrogen-bond acceptors (Lipinski definition) is 6. The monoisotopic (exact) mass is 269 g/mol. The van der Waals surface area contributed by atoms with E-state index in [-0.39, 0.29) is 24.0 Å². The van der Waals surface area contributed by atoms with E-state index in [1.165, 1.54) is 7.11 Å². The topological polar surface area (TPSA) is 68.5 Å². The number of hydrogen-bond donors (Lipinski definition) is 0. The molecule has 0 unspecified atom stereocenters. The van der Waals surface area contributed by atoms with Crippen LogP contribution in [0, 0.1) is 0 Å². The Kier molecular flexibility index (Phi) is 5.05. The summed E-state index contributed by atoms with van der Waals surface area (Å²) in [6.45, 7) is 10.7. The minimum absolute atomic E-state index is 0.146. The molecule has 1 heterocycles. The molecule has 0 atom stereocenters. The number of ether oxygens (including phenoxy) is 1. The van der Waals surface area contributed by atoms with Crippen LogP contribution >= 0.6 is 0 Å². The highest BCUT2D eigenvalue weighted by Gasteiger charge is 2.23. The number of methoxy groups -OCH3 is 1. The van der Waals surface area contributed by atoms with E-state index in [0.29, 0.717) is 18.3 Å². The van der Waals surface area contributed by atoms with Gasteiger partial charge in [0.25, 0.3) is 0 Å². The molecule has 0 aromatic carbocycles. The van der Waals surface area contributed by atoms with Gasteiger partial charge in [-0.2, -0.15) is 4.98 Å². The molecule has 108 valence electrons. The van der Waals surface area contributed by atoms with E-state index >= 15 is 0 Å². The van der Waals surface area contributed by atoms with Gasteiger partial charge in [-0.25, -0.2) is 0 Å². The second-order valence-corrected chi connectivity index (χ2v) is 5.84. The molecular weight excluding hydrogens is 246 g/mol. The van der Waals surface area contributed by atoms with Gasteiger partial charge in [0.1, 0.15) is 0 Å². The van der Waals surface area contributed by atoms with E-state index in [2.05, 4.69) is 14.9 Å². The molecule has 0 bridgehead atoms. The van der Waals surface area contributed by atoms with Gasteiger partial charge in [0.05, 0.1) is 20.2 Å². The predicted molar refractivity (Wildman–Crippen MR) is 70.6 cm³/mol. The zero-order chi connectivity index (χ0) is 14.6. The van der Waals surface area contributed by atoms with Gasteiger partial charge in [-0.3, -0.25) is 9.69 Å². The molecule has 19 heavy (non-hydrogen) atoms. The molecule has 0 aliphatic heterocycles. The lowest BCUT2D eigenvalue weighted by Gasteiger charge is -2.23. The minimum Gasteiger partial charge on any atom is -0.468 e. The first kappa shape index (κ1) is 15.6. The molecule has 1 aromatic rings. The smallest absolute Gasteiger partial charge is 0.319 e. The van der Waals surface area contributed by atoms with Crippen LogP contribution < -0.4 is 0 Å². The Labute approximate surface area is 114 Å². The van der Waals surface area contributed by atoms with Gasteiger partial charge < -0.3 is 9.26 Å². The molecule has 1 rings (SSSR count). The summed E-state index contributed by atoms with van der Waals surface area (Å²) in [5.41, 5.74) is -0.146. The largest absolute Gasteiger partial charge is 0.468 e. The van der Waals surface area contributed by atoms with Gasteiger partial charge in [0, 0.05) is 11.5 Å². The molecule has 0 saturated heterocycles. The number of aromatic nitrogens is 2. The van der Waals surface area contributed by atoms with Crippen molar-refractivity contribution in [1.29, 1.82) is 0 Å². The Hall–Kier alpha value is -1.43. The van der Waals surface area contributed by atoms with Gasteiger partial charge in [-0.1, -0.05) is 25.9 Å². The fourth-order valence-electron chi connectivity index (χ4n) is 1.45. The van der Waals surface area contributed by atoms with Crippen molar-refractivity contribution in [3.8, 4) is 0 Å². The second-order valence-electron chi connectivity index (χ2n) is 5.84. The first-order chi connectivity index (χ1) is 8.74. The third-order valence-corrected chi connectivity index (χ3v) is 2.77. The van der Waals surface area contributed by atoms with Crippen LogP contribution in [-0.2, 0) is 21.5 Å². The summed E-state index contributed by atoms with van der Waals surface area (Å²) < 4.78 is 9.91. The average Bonchev–Trinajstić information content (AvgIpc) is 2.76. The third-order valence-electron chi connectivity index (χ3n) is 2.77. The molecule has 6 nitrogen and oxygen atoms in total. The van der Waals surface area contributed by atoms with Gasteiger partial charge in [0.2, 0.25) is 5.89 Å². The van der Waals surface area contributed by atoms with Crippen molar-refractivity contribution in [3.05, 3.63) is 11.7 Å². The molecular formula is C13H23N3O3. The summed E-state index contributed by atoms with van der Waals surface area (Å²) in [7, 11) is 1.38. The molecule has 0 aliphatic carbocycles. The highest BCUT2D eigenvalue weighted by Crippen LogP contribution is 2.19. The number of carbonyl (C=O) groups is 1. The van der Waals surface area contributed by atoms with Gasteiger partial charge in [0.15, 0.2) is 5.82 Å². The SMILES string of the molecule is COC(=O)CN(Cc1nc(C(C)(C)C)no1)C(C)C. The number of nitrogens with zero attached hydrogens (tertiary/aromatic N) is 3. The summed E-state index contributed by atoms with van der Waals surface area (Å²) in [4.78, 5) is 17.6. The maximum atomic E-state index is 11.4. The van der Waals surface area contributed by atoms with Crippen LogP contribution in [-0.4, -0.2) is 40.7 Å². The fraction of sp³-hybridized carbons (Fsp3) is 0.769. The molecule has 6 heteroatoms. The van der Waals surface area contributed by atoms with E-state index in [4.69, 9.17) is 4.52 Å². The van der Waals surface area contributed by atoms with Crippen LogP contribution in [0.1, 0.15) is 46.3 Å². The molecule has 0 radical (unpaired) electrons. The van der Waals surface area contributed by atoms with E-state index in [1.54, 1.807) is 0 Å². The van der Waals surface area contributed by atoms with E-state index in [1.807, 2.05) is 39.5 Å². The number of carbonyl (C=O) groups excluding carboxylic acids is 1. The predicted octanol–water partition coefficient (Wildman–Crippen LogP) is 1.75. The Bertz CT molecular complexity index is 421. The summed E-state index contributed by atoms with van der Waals surface area (Å²) in [6, 6.07) is 0.184. The standard InChI is InChI=1S/C13H23N3O3/c1-9(2)16(8-11(17)18-6)7-10-14-12(15-19-10)13(3,4)5/h9H,7-8H2,1-6H3.